The largest absolute Gasteiger partial charge is 0.497 e. The maximum Gasteiger partial charge on any atom is 0.246 e. The first-order chi connectivity index (χ1) is 11.3. The van der Waals surface area contributed by atoms with E-state index in [4.69, 9.17) is 4.74 Å². The first-order valence-corrected chi connectivity index (χ1v) is 10.5. The Morgan fingerprint density at radius 3 is 2.50 bits per heavy atom. The molecule has 0 saturated heterocycles. The van der Waals surface area contributed by atoms with E-state index in [0.717, 1.165) is 10.6 Å². The van der Waals surface area contributed by atoms with Crippen LogP contribution in [-0.2, 0) is 14.8 Å². The van der Waals surface area contributed by atoms with Gasteiger partial charge in [0.2, 0.25) is 21.1 Å². The lowest BCUT2D eigenvalue weighted by Crippen LogP contribution is -2.37. The molecule has 0 fully saturated rings. The van der Waals surface area contributed by atoms with Crippen molar-refractivity contribution in [2.45, 2.75) is 4.34 Å². The van der Waals surface area contributed by atoms with Gasteiger partial charge in [-0.05, 0) is 30.5 Å². The lowest BCUT2D eigenvalue weighted by Gasteiger charge is -2.21. The minimum atomic E-state index is -3.63. The molecule has 130 valence electrons. The van der Waals surface area contributed by atoms with Crippen molar-refractivity contribution in [3.8, 4) is 5.75 Å². The van der Waals surface area contributed by atoms with Gasteiger partial charge in [-0.2, -0.15) is 0 Å². The second-order valence-corrected chi connectivity index (χ2v) is 8.53. The summed E-state index contributed by atoms with van der Waals surface area (Å²) in [7, 11) is -2.11. The molecule has 1 aromatic carbocycles. The molecule has 2 rings (SSSR count). The summed E-state index contributed by atoms with van der Waals surface area (Å²) < 4.78 is 30.8. The van der Waals surface area contributed by atoms with Crippen molar-refractivity contribution in [3.63, 3.8) is 0 Å². The molecule has 0 saturated carbocycles. The van der Waals surface area contributed by atoms with Crippen molar-refractivity contribution in [1.82, 2.24) is 10.2 Å². The summed E-state index contributed by atoms with van der Waals surface area (Å²) in [6.07, 6.45) is 2.89. The Hall–Kier alpha value is -1.85. The van der Waals surface area contributed by atoms with Crippen LogP contribution in [0.5, 0.6) is 5.75 Å². The highest BCUT2D eigenvalue weighted by Gasteiger charge is 2.21. The number of carbonyl (C=O) groups is 1. The number of thioether (sulfide) groups is 1. The van der Waals surface area contributed by atoms with Crippen LogP contribution in [0.2, 0.25) is 0 Å². The molecule has 1 heterocycles. The molecule has 24 heavy (non-hydrogen) atoms. The Kier molecular flexibility index (Phi) is 6.02. The molecular formula is C13H16N4O4S3. The number of anilines is 2. The van der Waals surface area contributed by atoms with E-state index in [1.807, 2.05) is 6.26 Å². The van der Waals surface area contributed by atoms with Gasteiger partial charge in [0.05, 0.1) is 19.1 Å². The summed E-state index contributed by atoms with van der Waals surface area (Å²) >= 11 is 2.63. The first kappa shape index (κ1) is 18.5. The first-order valence-electron chi connectivity index (χ1n) is 6.62. The zero-order valence-electron chi connectivity index (χ0n) is 13.2. The van der Waals surface area contributed by atoms with E-state index in [1.165, 1.54) is 30.2 Å². The zero-order chi connectivity index (χ0) is 17.7. The second-order valence-electron chi connectivity index (χ2n) is 4.59. The third kappa shape index (κ3) is 4.82. The Balaban J connectivity index is 2.14. The molecule has 0 bridgehead atoms. The molecule has 0 aliphatic heterocycles. The van der Waals surface area contributed by atoms with Crippen LogP contribution in [0, 0.1) is 0 Å². The summed E-state index contributed by atoms with van der Waals surface area (Å²) in [6, 6.07) is 6.40. The number of aromatic nitrogens is 2. The maximum absolute atomic E-state index is 12.2. The molecular weight excluding hydrogens is 372 g/mol. The van der Waals surface area contributed by atoms with Crippen molar-refractivity contribution < 1.29 is 17.9 Å². The number of sulfonamides is 1. The van der Waals surface area contributed by atoms with E-state index in [2.05, 4.69) is 15.5 Å². The molecule has 0 spiro atoms. The SMILES string of the molecule is COc1ccc(N(CC(=O)Nc2nnc(SC)s2)S(C)(=O)=O)cc1. The number of methoxy groups -OCH3 is 1. The molecule has 11 heteroatoms. The Morgan fingerprint density at radius 2 is 2.00 bits per heavy atom. The normalized spacial score (nSPS) is 11.1. The molecule has 0 unspecified atom stereocenters. The number of hydrogen-bond donors (Lipinski definition) is 1. The third-order valence-electron chi connectivity index (χ3n) is 2.88. The second kappa shape index (κ2) is 7.81. The molecule has 0 aliphatic rings. The monoisotopic (exact) mass is 388 g/mol. The summed E-state index contributed by atoms with van der Waals surface area (Å²) in [5, 5.41) is 10.6. The van der Waals surface area contributed by atoms with Crippen LogP contribution in [0.4, 0.5) is 10.8 Å². The lowest BCUT2D eigenvalue weighted by atomic mass is 10.3. The Morgan fingerprint density at radius 1 is 1.33 bits per heavy atom. The number of carbonyl (C=O) groups excluding carboxylic acids is 1. The van der Waals surface area contributed by atoms with Crippen LogP contribution < -0.4 is 14.4 Å². The minimum Gasteiger partial charge on any atom is -0.497 e. The molecule has 0 aliphatic carbocycles. The van der Waals surface area contributed by atoms with Gasteiger partial charge in [0.25, 0.3) is 0 Å². The average molecular weight is 388 g/mol. The van der Waals surface area contributed by atoms with Gasteiger partial charge in [-0.15, -0.1) is 10.2 Å². The fourth-order valence-electron chi connectivity index (χ4n) is 1.78. The van der Waals surface area contributed by atoms with Gasteiger partial charge in [0, 0.05) is 0 Å². The molecule has 1 aromatic heterocycles. The fraction of sp³-hybridized carbons (Fsp3) is 0.308. The summed E-state index contributed by atoms with van der Waals surface area (Å²) in [6.45, 7) is -0.362. The van der Waals surface area contributed by atoms with Crippen LogP contribution in [0.1, 0.15) is 0 Å². The van der Waals surface area contributed by atoms with Crippen molar-refractivity contribution in [2.24, 2.45) is 0 Å². The van der Waals surface area contributed by atoms with E-state index in [9.17, 15) is 13.2 Å². The summed E-state index contributed by atoms with van der Waals surface area (Å²) in [5.41, 5.74) is 0.371. The van der Waals surface area contributed by atoms with Gasteiger partial charge >= 0.3 is 0 Å². The van der Waals surface area contributed by atoms with Gasteiger partial charge < -0.3 is 4.74 Å². The molecule has 2 aromatic rings. The predicted octanol–water partition coefficient (Wildman–Crippen LogP) is 1.67. The third-order valence-corrected chi connectivity index (χ3v) is 5.83. The number of nitrogens with zero attached hydrogens (tertiary/aromatic N) is 3. The van der Waals surface area contributed by atoms with Gasteiger partial charge in [0.1, 0.15) is 12.3 Å². The minimum absolute atomic E-state index is 0.326. The number of nitrogens with one attached hydrogen (secondary N) is 1. The van der Waals surface area contributed by atoms with E-state index < -0.39 is 15.9 Å². The Bertz CT molecular complexity index is 805. The highest BCUT2D eigenvalue weighted by Crippen LogP contribution is 2.24. The number of ether oxygens (including phenoxy) is 1. The van der Waals surface area contributed by atoms with Crippen molar-refractivity contribution in [1.29, 1.82) is 0 Å². The van der Waals surface area contributed by atoms with Crippen molar-refractivity contribution in [2.75, 3.05) is 35.8 Å². The molecule has 1 N–H and O–H groups in total. The van der Waals surface area contributed by atoms with Gasteiger partial charge in [-0.1, -0.05) is 23.1 Å². The van der Waals surface area contributed by atoms with Crippen LogP contribution >= 0.6 is 23.1 Å². The van der Waals surface area contributed by atoms with Crippen molar-refractivity contribution in [3.05, 3.63) is 24.3 Å². The zero-order valence-corrected chi connectivity index (χ0v) is 15.7. The van der Waals surface area contributed by atoms with Crippen LogP contribution in [-0.4, -0.2) is 50.7 Å². The summed E-state index contributed by atoms with van der Waals surface area (Å²) in [4.78, 5) is 12.2. The van der Waals surface area contributed by atoms with E-state index in [0.29, 0.717) is 20.9 Å². The molecule has 1 amide bonds. The van der Waals surface area contributed by atoms with Crippen LogP contribution in [0.25, 0.3) is 0 Å². The molecule has 0 radical (unpaired) electrons. The average Bonchev–Trinajstić information content (AvgIpc) is 2.99. The maximum atomic E-state index is 12.2. The standard InChI is InChI=1S/C13H16N4O4S3/c1-21-10-6-4-9(5-7-10)17(24(3,19)20)8-11(18)14-12-15-16-13(22-2)23-12/h4-7H,8H2,1-3H3,(H,14,15,18). The fourth-order valence-corrected chi connectivity index (χ4v) is 3.82. The molecule has 0 atom stereocenters. The number of benzene rings is 1. The van der Waals surface area contributed by atoms with Crippen LogP contribution in [0.15, 0.2) is 28.6 Å². The number of hydrogen-bond acceptors (Lipinski definition) is 8. The van der Waals surface area contributed by atoms with E-state index >= 15 is 0 Å². The highest BCUT2D eigenvalue weighted by atomic mass is 32.2. The van der Waals surface area contributed by atoms with Gasteiger partial charge in [-0.3, -0.25) is 14.4 Å². The smallest absolute Gasteiger partial charge is 0.246 e. The van der Waals surface area contributed by atoms with Gasteiger partial charge in [0.15, 0.2) is 4.34 Å². The number of amides is 1. The topological polar surface area (TPSA) is 101 Å². The summed E-state index contributed by atoms with van der Waals surface area (Å²) in [5.74, 6) is 0.0927. The van der Waals surface area contributed by atoms with E-state index in [-0.39, 0.29) is 6.54 Å². The van der Waals surface area contributed by atoms with Gasteiger partial charge in [-0.25, -0.2) is 8.42 Å². The quantitative estimate of drug-likeness (QED) is 0.569. The molecule has 8 nitrogen and oxygen atoms in total. The van der Waals surface area contributed by atoms with E-state index in [1.54, 1.807) is 24.3 Å². The number of rotatable bonds is 7. The highest BCUT2D eigenvalue weighted by molar-refractivity contribution is 8.00. The Labute approximate surface area is 148 Å². The lowest BCUT2D eigenvalue weighted by molar-refractivity contribution is -0.114. The predicted molar refractivity (Wildman–Crippen MR) is 95.5 cm³/mol. The van der Waals surface area contributed by atoms with Crippen LogP contribution in [0.3, 0.4) is 0 Å². The van der Waals surface area contributed by atoms with Crippen molar-refractivity contribution >= 4 is 49.8 Å².